The Hall–Kier alpha value is -1.46. The van der Waals surface area contributed by atoms with Crippen molar-refractivity contribution in [2.24, 2.45) is 0 Å². The van der Waals surface area contributed by atoms with Gasteiger partial charge >= 0.3 is 0 Å². The van der Waals surface area contributed by atoms with Gasteiger partial charge in [-0.05, 0) is 31.2 Å². The van der Waals surface area contributed by atoms with Crippen LogP contribution in [0.2, 0.25) is 0 Å². The van der Waals surface area contributed by atoms with Gasteiger partial charge < -0.3 is 10.2 Å². The zero-order chi connectivity index (χ0) is 14.5. The van der Waals surface area contributed by atoms with Gasteiger partial charge in [0.1, 0.15) is 5.82 Å². The van der Waals surface area contributed by atoms with Crippen LogP contribution in [0.5, 0.6) is 0 Å². The van der Waals surface area contributed by atoms with Gasteiger partial charge in [-0.1, -0.05) is 19.1 Å². The molecule has 108 valence electrons. The second-order valence-corrected chi connectivity index (χ2v) is 5.66. The summed E-state index contributed by atoms with van der Waals surface area (Å²) in [7, 11) is 1.98. The van der Waals surface area contributed by atoms with E-state index >= 15 is 0 Å². The van der Waals surface area contributed by atoms with Crippen LogP contribution in [0.1, 0.15) is 31.1 Å². The van der Waals surface area contributed by atoms with E-state index in [4.69, 9.17) is 0 Å². The molecule has 1 atom stereocenters. The van der Waals surface area contributed by atoms with Gasteiger partial charge in [0.05, 0.1) is 5.69 Å². The summed E-state index contributed by atoms with van der Waals surface area (Å²) in [4.78, 5) is 6.68. The van der Waals surface area contributed by atoms with E-state index in [2.05, 4.69) is 29.5 Å². The first-order valence-corrected chi connectivity index (χ1v) is 7.62. The molecule has 0 saturated carbocycles. The van der Waals surface area contributed by atoms with Crippen molar-refractivity contribution >= 4 is 16.5 Å². The highest BCUT2D eigenvalue weighted by Gasteiger charge is 2.12. The minimum Gasteiger partial charge on any atom is -0.347 e. The molecule has 1 N–H and O–H groups in total. The van der Waals surface area contributed by atoms with E-state index in [9.17, 15) is 4.39 Å². The lowest BCUT2D eigenvalue weighted by Crippen LogP contribution is -2.19. The van der Waals surface area contributed by atoms with Gasteiger partial charge in [0.2, 0.25) is 0 Å². The Morgan fingerprint density at radius 2 is 2.25 bits per heavy atom. The molecule has 1 unspecified atom stereocenters. The normalized spacial score (nSPS) is 12.4. The van der Waals surface area contributed by atoms with Crippen LogP contribution in [0, 0.1) is 5.82 Å². The first kappa shape index (κ1) is 14.9. The van der Waals surface area contributed by atoms with Crippen LogP contribution in [-0.4, -0.2) is 18.6 Å². The quantitative estimate of drug-likeness (QED) is 0.882. The molecule has 5 heteroatoms. The number of aromatic nitrogens is 1. The van der Waals surface area contributed by atoms with Crippen LogP contribution in [0.3, 0.4) is 0 Å². The Morgan fingerprint density at radius 1 is 1.45 bits per heavy atom. The van der Waals surface area contributed by atoms with Gasteiger partial charge in [-0.2, -0.15) is 0 Å². The summed E-state index contributed by atoms with van der Waals surface area (Å²) in [5.74, 6) is -0.198. The van der Waals surface area contributed by atoms with Crippen LogP contribution in [0.4, 0.5) is 9.52 Å². The number of hydrogen-bond acceptors (Lipinski definition) is 4. The molecule has 20 heavy (non-hydrogen) atoms. The van der Waals surface area contributed by atoms with Crippen LogP contribution in [-0.2, 0) is 6.54 Å². The lowest BCUT2D eigenvalue weighted by Gasteiger charge is -2.16. The molecule has 0 aliphatic heterocycles. The number of nitrogens with one attached hydrogen (secondary N) is 1. The number of hydrogen-bond donors (Lipinski definition) is 1. The lowest BCUT2D eigenvalue weighted by atomic mass is 10.2. The summed E-state index contributed by atoms with van der Waals surface area (Å²) in [5.41, 5.74) is 2.00. The molecule has 2 rings (SSSR count). The van der Waals surface area contributed by atoms with Crippen LogP contribution >= 0.6 is 11.3 Å². The second kappa shape index (κ2) is 6.81. The van der Waals surface area contributed by atoms with E-state index < -0.39 is 0 Å². The molecule has 0 aliphatic carbocycles. The van der Waals surface area contributed by atoms with Crippen molar-refractivity contribution in [1.82, 2.24) is 10.3 Å². The molecule has 1 heterocycles. The summed E-state index contributed by atoms with van der Waals surface area (Å²) in [5, 5.41) is 6.37. The molecule has 0 bridgehead atoms. The van der Waals surface area contributed by atoms with E-state index in [1.807, 2.05) is 18.0 Å². The number of nitrogens with zero attached hydrogens (tertiary/aromatic N) is 2. The van der Waals surface area contributed by atoms with Crippen LogP contribution in [0.15, 0.2) is 29.6 Å². The van der Waals surface area contributed by atoms with Crippen molar-refractivity contribution in [2.45, 2.75) is 26.4 Å². The smallest absolute Gasteiger partial charge is 0.185 e. The van der Waals surface area contributed by atoms with Gasteiger partial charge in [-0.25, -0.2) is 9.37 Å². The van der Waals surface area contributed by atoms with E-state index in [0.717, 1.165) is 22.9 Å². The third-order valence-electron chi connectivity index (χ3n) is 3.10. The lowest BCUT2D eigenvalue weighted by molar-refractivity contribution is 0.586. The molecule has 0 aliphatic rings. The number of benzene rings is 1. The van der Waals surface area contributed by atoms with Crippen molar-refractivity contribution < 1.29 is 4.39 Å². The Labute approximate surface area is 123 Å². The third kappa shape index (κ3) is 3.77. The highest BCUT2D eigenvalue weighted by Crippen LogP contribution is 2.24. The predicted molar refractivity (Wildman–Crippen MR) is 82.7 cm³/mol. The predicted octanol–water partition coefficient (Wildman–Crippen LogP) is 3.59. The molecule has 1 aromatic carbocycles. The van der Waals surface area contributed by atoms with Crippen molar-refractivity contribution in [3.8, 4) is 0 Å². The number of halogens is 1. The number of thiazole rings is 1. The van der Waals surface area contributed by atoms with Crippen LogP contribution < -0.4 is 10.2 Å². The highest BCUT2D eigenvalue weighted by atomic mass is 32.1. The van der Waals surface area contributed by atoms with Crippen molar-refractivity contribution in [3.05, 3.63) is 46.7 Å². The maximum absolute atomic E-state index is 13.2. The molecule has 0 radical (unpaired) electrons. The zero-order valence-corrected chi connectivity index (χ0v) is 12.9. The summed E-state index contributed by atoms with van der Waals surface area (Å²) >= 11 is 1.62. The average molecular weight is 293 g/mol. The summed E-state index contributed by atoms with van der Waals surface area (Å²) in [6, 6.07) is 6.94. The number of rotatable bonds is 6. The molecule has 1 aromatic heterocycles. The summed E-state index contributed by atoms with van der Waals surface area (Å²) in [6.07, 6.45) is 0. The Kier molecular flexibility index (Phi) is 5.09. The molecule has 0 amide bonds. The SMILES string of the molecule is CCNC(C)c1csc(N(C)Cc2cccc(F)c2)n1. The first-order chi connectivity index (χ1) is 9.60. The molecule has 0 fully saturated rings. The van der Waals surface area contributed by atoms with Gasteiger partial charge in [-0.3, -0.25) is 0 Å². The van der Waals surface area contributed by atoms with Crippen molar-refractivity contribution in [2.75, 3.05) is 18.5 Å². The minimum absolute atomic E-state index is 0.198. The number of anilines is 1. The second-order valence-electron chi connectivity index (χ2n) is 4.82. The maximum Gasteiger partial charge on any atom is 0.185 e. The van der Waals surface area contributed by atoms with Gasteiger partial charge in [0.25, 0.3) is 0 Å². The summed E-state index contributed by atoms with van der Waals surface area (Å²) in [6.45, 7) is 5.77. The molecular weight excluding hydrogens is 273 g/mol. The van der Waals surface area contributed by atoms with Gasteiger partial charge in [-0.15, -0.1) is 11.3 Å². The maximum atomic E-state index is 13.2. The zero-order valence-electron chi connectivity index (χ0n) is 12.1. The van der Waals surface area contributed by atoms with Gasteiger partial charge in [0, 0.05) is 25.0 Å². The minimum atomic E-state index is -0.198. The van der Waals surface area contributed by atoms with E-state index in [-0.39, 0.29) is 11.9 Å². The largest absolute Gasteiger partial charge is 0.347 e. The van der Waals surface area contributed by atoms with E-state index in [1.54, 1.807) is 23.5 Å². The Morgan fingerprint density at radius 3 is 2.95 bits per heavy atom. The van der Waals surface area contributed by atoms with Gasteiger partial charge in [0.15, 0.2) is 5.13 Å². The third-order valence-corrected chi connectivity index (χ3v) is 4.07. The highest BCUT2D eigenvalue weighted by molar-refractivity contribution is 7.13. The van der Waals surface area contributed by atoms with Crippen molar-refractivity contribution in [1.29, 1.82) is 0 Å². The average Bonchev–Trinajstić information content (AvgIpc) is 2.88. The standard InChI is InChI=1S/C15H20FN3S/c1-4-17-11(2)14-10-20-15(18-14)19(3)9-12-6-5-7-13(16)8-12/h5-8,10-11,17H,4,9H2,1-3H3. The topological polar surface area (TPSA) is 28.2 Å². The monoisotopic (exact) mass is 293 g/mol. The Balaban J connectivity index is 2.04. The summed E-state index contributed by atoms with van der Waals surface area (Å²) < 4.78 is 13.2. The molecular formula is C15H20FN3S. The molecule has 0 saturated heterocycles. The Bertz CT molecular complexity index is 556. The molecule has 2 aromatic rings. The van der Waals surface area contributed by atoms with E-state index in [0.29, 0.717) is 6.54 Å². The fourth-order valence-electron chi connectivity index (χ4n) is 2.04. The van der Waals surface area contributed by atoms with Crippen molar-refractivity contribution in [3.63, 3.8) is 0 Å². The molecule has 3 nitrogen and oxygen atoms in total. The first-order valence-electron chi connectivity index (χ1n) is 6.74. The van der Waals surface area contributed by atoms with Crippen LogP contribution in [0.25, 0.3) is 0 Å². The fourth-order valence-corrected chi connectivity index (χ4v) is 2.92. The molecule has 0 spiro atoms. The fraction of sp³-hybridized carbons (Fsp3) is 0.400. The van der Waals surface area contributed by atoms with E-state index in [1.165, 1.54) is 6.07 Å².